The normalized spacial score (nSPS) is 11.5. The molecule has 0 saturated carbocycles. The summed E-state index contributed by atoms with van der Waals surface area (Å²) in [5.41, 5.74) is 0.854. The van der Waals surface area contributed by atoms with Crippen LogP contribution >= 0.6 is 0 Å². The minimum atomic E-state index is -0.881. The van der Waals surface area contributed by atoms with E-state index in [1.165, 1.54) is 5.56 Å². The summed E-state index contributed by atoms with van der Waals surface area (Å²) in [7, 11) is 0. The van der Waals surface area contributed by atoms with Crippen molar-refractivity contribution in [3.05, 3.63) is 35.4 Å². The van der Waals surface area contributed by atoms with Gasteiger partial charge in [0, 0.05) is 12.1 Å². The molecule has 0 aliphatic rings. The number of hydrogen-bond donors (Lipinski definition) is 2. The van der Waals surface area contributed by atoms with Gasteiger partial charge in [0.15, 0.2) is 0 Å². The molecule has 0 heterocycles. The van der Waals surface area contributed by atoms with Crippen LogP contribution in [0.5, 0.6) is 0 Å². The lowest BCUT2D eigenvalue weighted by Crippen LogP contribution is -2.42. The summed E-state index contributed by atoms with van der Waals surface area (Å²) >= 11 is 0. The van der Waals surface area contributed by atoms with Crippen molar-refractivity contribution in [2.75, 3.05) is 6.54 Å². The number of aliphatic carboxylic acids is 1. The quantitative estimate of drug-likeness (QED) is 0.808. The van der Waals surface area contributed by atoms with E-state index in [4.69, 9.17) is 0 Å². The monoisotopic (exact) mass is 291 g/mol. The highest BCUT2D eigenvalue weighted by molar-refractivity contribution is 5.94. The standard InChI is InChI=1S/C17H25NO3/c1-5-17(6-2,16(20)21)11-18-15(19)14-9-7-13(8-10-14)12(3)4/h7-10,12H,5-6,11H2,1-4H3,(H,18,19)(H,20,21). The summed E-state index contributed by atoms with van der Waals surface area (Å²) in [6.45, 7) is 8.01. The molecule has 0 aromatic heterocycles. The van der Waals surface area contributed by atoms with Crippen molar-refractivity contribution < 1.29 is 14.7 Å². The van der Waals surface area contributed by atoms with Crippen LogP contribution in [-0.2, 0) is 4.79 Å². The Morgan fingerprint density at radius 1 is 1.14 bits per heavy atom. The number of nitrogens with one attached hydrogen (secondary N) is 1. The van der Waals surface area contributed by atoms with Gasteiger partial charge < -0.3 is 10.4 Å². The minimum absolute atomic E-state index is 0.153. The van der Waals surface area contributed by atoms with Crippen LogP contribution in [0.4, 0.5) is 0 Å². The van der Waals surface area contributed by atoms with Gasteiger partial charge >= 0.3 is 5.97 Å². The Morgan fingerprint density at radius 2 is 1.67 bits per heavy atom. The van der Waals surface area contributed by atoms with E-state index in [0.29, 0.717) is 24.3 Å². The first kappa shape index (κ1) is 17.2. The van der Waals surface area contributed by atoms with Crippen LogP contribution in [0, 0.1) is 5.41 Å². The fourth-order valence-electron chi connectivity index (χ4n) is 2.25. The Morgan fingerprint density at radius 3 is 2.05 bits per heavy atom. The molecule has 116 valence electrons. The van der Waals surface area contributed by atoms with Gasteiger partial charge in [0.25, 0.3) is 5.91 Å². The zero-order valence-corrected chi connectivity index (χ0v) is 13.3. The van der Waals surface area contributed by atoms with Gasteiger partial charge in [-0.3, -0.25) is 9.59 Å². The smallest absolute Gasteiger partial charge is 0.311 e. The number of rotatable bonds is 7. The van der Waals surface area contributed by atoms with E-state index < -0.39 is 11.4 Å². The zero-order chi connectivity index (χ0) is 16.0. The molecule has 0 radical (unpaired) electrons. The van der Waals surface area contributed by atoms with E-state index in [9.17, 15) is 14.7 Å². The minimum Gasteiger partial charge on any atom is -0.481 e. The van der Waals surface area contributed by atoms with Crippen molar-refractivity contribution in [3.8, 4) is 0 Å². The summed E-state index contributed by atoms with van der Waals surface area (Å²) in [6.07, 6.45) is 0.983. The second-order valence-electron chi connectivity index (χ2n) is 5.75. The van der Waals surface area contributed by atoms with E-state index in [2.05, 4.69) is 19.2 Å². The molecule has 1 amide bonds. The van der Waals surface area contributed by atoms with Gasteiger partial charge in [-0.25, -0.2) is 0 Å². The third kappa shape index (κ3) is 4.06. The number of carbonyl (C=O) groups is 2. The van der Waals surface area contributed by atoms with Crippen molar-refractivity contribution in [1.29, 1.82) is 0 Å². The molecule has 21 heavy (non-hydrogen) atoms. The summed E-state index contributed by atoms with van der Waals surface area (Å²) in [6, 6.07) is 7.43. The Hall–Kier alpha value is -1.84. The molecule has 4 nitrogen and oxygen atoms in total. The van der Waals surface area contributed by atoms with Crippen molar-refractivity contribution in [1.82, 2.24) is 5.32 Å². The van der Waals surface area contributed by atoms with Gasteiger partial charge in [0.1, 0.15) is 0 Å². The number of carbonyl (C=O) groups excluding carboxylic acids is 1. The molecule has 0 fully saturated rings. The highest BCUT2D eigenvalue weighted by Crippen LogP contribution is 2.25. The molecule has 0 unspecified atom stereocenters. The van der Waals surface area contributed by atoms with Gasteiger partial charge in [-0.05, 0) is 36.5 Å². The molecule has 0 spiro atoms. The number of hydrogen-bond acceptors (Lipinski definition) is 2. The molecule has 0 aliphatic carbocycles. The van der Waals surface area contributed by atoms with Crippen molar-refractivity contribution in [2.24, 2.45) is 5.41 Å². The van der Waals surface area contributed by atoms with Gasteiger partial charge in [0.2, 0.25) is 0 Å². The summed E-state index contributed by atoms with van der Waals surface area (Å²) in [5, 5.41) is 12.1. The second-order valence-corrected chi connectivity index (χ2v) is 5.75. The lowest BCUT2D eigenvalue weighted by atomic mass is 9.82. The molecular formula is C17H25NO3. The summed E-state index contributed by atoms with van der Waals surface area (Å²) in [4.78, 5) is 23.5. The molecule has 1 aromatic rings. The SMILES string of the molecule is CCC(CC)(CNC(=O)c1ccc(C(C)C)cc1)C(=O)O. The molecule has 4 heteroatoms. The molecule has 0 aliphatic heterocycles. The summed E-state index contributed by atoms with van der Waals surface area (Å²) in [5.74, 6) is -0.664. The molecule has 1 rings (SSSR count). The number of carboxylic acids is 1. The van der Waals surface area contributed by atoms with Crippen LogP contribution in [0.15, 0.2) is 24.3 Å². The predicted octanol–water partition coefficient (Wildman–Crippen LogP) is 3.43. The van der Waals surface area contributed by atoms with Crippen molar-refractivity contribution >= 4 is 11.9 Å². The van der Waals surface area contributed by atoms with Crippen molar-refractivity contribution in [2.45, 2.75) is 46.5 Å². The van der Waals surface area contributed by atoms with Crippen molar-refractivity contribution in [3.63, 3.8) is 0 Å². The maximum absolute atomic E-state index is 12.1. The number of benzene rings is 1. The van der Waals surface area contributed by atoms with E-state index in [0.717, 1.165) is 0 Å². The molecule has 0 bridgehead atoms. The molecular weight excluding hydrogens is 266 g/mol. The highest BCUT2D eigenvalue weighted by Gasteiger charge is 2.35. The Kier molecular flexibility index (Phi) is 5.94. The second kappa shape index (κ2) is 7.25. The average molecular weight is 291 g/mol. The first-order valence-electron chi connectivity index (χ1n) is 7.48. The third-order valence-corrected chi connectivity index (χ3v) is 4.23. The van der Waals surface area contributed by atoms with Crippen LogP contribution in [0.3, 0.4) is 0 Å². The molecule has 2 N–H and O–H groups in total. The Bertz CT molecular complexity index is 487. The first-order chi connectivity index (χ1) is 9.86. The predicted molar refractivity (Wildman–Crippen MR) is 83.5 cm³/mol. The third-order valence-electron chi connectivity index (χ3n) is 4.23. The van der Waals surface area contributed by atoms with Gasteiger partial charge in [0.05, 0.1) is 5.41 Å². The topological polar surface area (TPSA) is 66.4 Å². The van der Waals surface area contributed by atoms with Gasteiger partial charge in [-0.1, -0.05) is 39.8 Å². The molecule has 0 atom stereocenters. The Balaban J connectivity index is 2.75. The van der Waals surface area contributed by atoms with Crippen LogP contribution in [-0.4, -0.2) is 23.5 Å². The van der Waals surface area contributed by atoms with E-state index in [1.807, 2.05) is 26.0 Å². The summed E-state index contributed by atoms with van der Waals surface area (Å²) < 4.78 is 0. The highest BCUT2D eigenvalue weighted by atomic mass is 16.4. The zero-order valence-electron chi connectivity index (χ0n) is 13.3. The average Bonchev–Trinajstić information content (AvgIpc) is 2.48. The lowest BCUT2D eigenvalue weighted by Gasteiger charge is -2.26. The largest absolute Gasteiger partial charge is 0.481 e. The fraction of sp³-hybridized carbons (Fsp3) is 0.529. The number of carboxylic acid groups (broad SMARTS) is 1. The van der Waals surface area contributed by atoms with Crippen LogP contribution < -0.4 is 5.32 Å². The molecule has 0 saturated heterocycles. The van der Waals surface area contributed by atoms with Gasteiger partial charge in [-0.2, -0.15) is 0 Å². The maximum atomic E-state index is 12.1. The van der Waals surface area contributed by atoms with Gasteiger partial charge in [-0.15, -0.1) is 0 Å². The van der Waals surface area contributed by atoms with E-state index >= 15 is 0 Å². The van der Waals surface area contributed by atoms with E-state index in [-0.39, 0.29) is 12.5 Å². The first-order valence-corrected chi connectivity index (χ1v) is 7.48. The fourth-order valence-corrected chi connectivity index (χ4v) is 2.25. The van der Waals surface area contributed by atoms with Crippen LogP contribution in [0.2, 0.25) is 0 Å². The van der Waals surface area contributed by atoms with Crippen LogP contribution in [0.25, 0.3) is 0 Å². The van der Waals surface area contributed by atoms with E-state index in [1.54, 1.807) is 12.1 Å². The lowest BCUT2D eigenvalue weighted by molar-refractivity contribution is -0.149. The maximum Gasteiger partial charge on any atom is 0.311 e. The van der Waals surface area contributed by atoms with Crippen LogP contribution in [0.1, 0.15) is 62.4 Å². The number of amides is 1. The Labute approximate surface area is 126 Å². The molecule has 1 aromatic carbocycles.